The van der Waals surface area contributed by atoms with E-state index >= 15 is 0 Å². The zero-order chi connectivity index (χ0) is 18.8. The lowest BCUT2D eigenvalue weighted by Gasteiger charge is -2.05. The lowest BCUT2D eigenvalue weighted by Crippen LogP contribution is -2.16. The van der Waals surface area contributed by atoms with Crippen molar-refractivity contribution in [3.63, 3.8) is 0 Å². The standard InChI is InChI=1S/C19H15N3O3S2/c1-25-18(24)17-14(7-8-26-17)20-16(23)9-13-11-27-19-21-15(10-22(13)19)12-5-3-2-4-6-12/h2-8,10-11H,9H2,1H3,(H,20,23). The average Bonchev–Trinajstić information content (AvgIpc) is 3.39. The molecule has 0 saturated heterocycles. The fraction of sp³-hybridized carbons (Fsp3) is 0.105. The largest absolute Gasteiger partial charge is 0.465 e. The number of fused-ring (bicyclic) bond motifs is 1. The zero-order valence-corrected chi connectivity index (χ0v) is 16.0. The lowest BCUT2D eigenvalue weighted by molar-refractivity contribution is -0.115. The first kappa shape index (κ1) is 17.4. The summed E-state index contributed by atoms with van der Waals surface area (Å²) < 4.78 is 6.67. The third-order valence-electron chi connectivity index (χ3n) is 4.00. The molecular weight excluding hydrogens is 382 g/mol. The van der Waals surface area contributed by atoms with E-state index in [9.17, 15) is 9.59 Å². The van der Waals surface area contributed by atoms with Gasteiger partial charge in [0.05, 0.1) is 24.9 Å². The van der Waals surface area contributed by atoms with E-state index < -0.39 is 5.97 Å². The lowest BCUT2D eigenvalue weighted by atomic mass is 10.2. The number of thiophene rings is 1. The molecule has 0 spiro atoms. The molecule has 27 heavy (non-hydrogen) atoms. The van der Waals surface area contributed by atoms with E-state index in [-0.39, 0.29) is 12.3 Å². The van der Waals surface area contributed by atoms with Crippen LogP contribution in [0.25, 0.3) is 16.2 Å². The third-order valence-corrected chi connectivity index (χ3v) is 5.79. The van der Waals surface area contributed by atoms with E-state index in [0.717, 1.165) is 21.9 Å². The number of rotatable bonds is 5. The first-order valence-corrected chi connectivity index (χ1v) is 9.88. The van der Waals surface area contributed by atoms with Gasteiger partial charge in [0.1, 0.15) is 4.88 Å². The number of nitrogens with zero attached hydrogens (tertiary/aromatic N) is 2. The molecule has 4 aromatic rings. The van der Waals surface area contributed by atoms with E-state index in [4.69, 9.17) is 4.74 Å². The van der Waals surface area contributed by atoms with Crippen molar-refractivity contribution in [3.8, 4) is 11.3 Å². The van der Waals surface area contributed by atoms with Crippen molar-refractivity contribution < 1.29 is 14.3 Å². The van der Waals surface area contributed by atoms with Crippen molar-refractivity contribution in [2.45, 2.75) is 6.42 Å². The molecule has 136 valence electrons. The summed E-state index contributed by atoms with van der Waals surface area (Å²) in [5, 5.41) is 6.45. The van der Waals surface area contributed by atoms with Crippen LogP contribution in [0.15, 0.2) is 53.4 Å². The smallest absolute Gasteiger partial charge is 0.350 e. The topological polar surface area (TPSA) is 72.7 Å². The Morgan fingerprint density at radius 1 is 1.19 bits per heavy atom. The number of aromatic nitrogens is 2. The van der Waals surface area contributed by atoms with Crippen molar-refractivity contribution in [2.75, 3.05) is 12.4 Å². The average molecular weight is 397 g/mol. The van der Waals surface area contributed by atoms with Crippen LogP contribution in [0.5, 0.6) is 0 Å². The van der Waals surface area contributed by atoms with Gasteiger partial charge in [0.2, 0.25) is 5.91 Å². The van der Waals surface area contributed by atoms with Crippen LogP contribution in [0.4, 0.5) is 5.69 Å². The Hall–Kier alpha value is -2.97. The number of thiazole rings is 1. The van der Waals surface area contributed by atoms with E-state index in [1.54, 1.807) is 11.4 Å². The van der Waals surface area contributed by atoms with Crippen LogP contribution in [0, 0.1) is 0 Å². The van der Waals surface area contributed by atoms with Crippen LogP contribution in [0.2, 0.25) is 0 Å². The minimum Gasteiger partial charge on any atom is -0.465 e. The van der Waals surface area contributed by atoms with Gasteiger partial charge < -0.3 is 10.1 Å². The van der Waals surface area contributed by atoms with Gasteiger partial charge in [0.25, 0.3) is 0 Å². The Bertz CT molecular complexity index is 1110. The second kappa shape index (κ2) is 7.34. The van der Waals surface area contributed by atoms with Crippen molar-refractivity contribution in [1.82, 2.24) is 9.38 Å². The number of hydrogen-bond acceptors (Lipinski definition) is 6. The van der Waals surface area contributed by atoms with E-state index in [0.29, 0.717) is 10.6 Å². The van der Waals surface area contributed by atoms with Crippen LogP contribution < -0.4 is 5.32 Å². The normalized spacial score (nSPS) is 10.9. The highest BCUT2D eigenvalue weighted by Crippen LogP contribution is 2.25. The summed E-state index contributed by atoms with van der Waals surface area (Å²) in [6.07, 6.45) is 2.12. The van der Waals surface area contributed by atoms with Crippen LogP contribution >= 0.6 is 22.7 Å². The molecule has 0 unspecified atom stereocenters. The highest BCUT2D eigenvalue weighted by molar-refractivity contribution is 7.15. The maximum absolute atomic E-state index is 12.5. The number of carbonyl (C=O) groups is 2. The van der Waals surface area contributed by atoms with Crippen molar-refractivity contribution in [3.05, 3.63) is 63.9 Å². The number of ether oxygens (including phenoxy) is 1. The maximum atomic E-state index is 12.5. The van der Waals surface area contributed by atoms with Crippen molar-refractivity contribution in [1.29, 1.82) is 0 Å². The van der Waals surface area contributed by atoms with E-state index in [1.165, 1.54) is 29.8 Å². The number of hydrogen-bond donors (Lipinski definition) is 1. The predicted molar refractivity (Wildman–Crippen MR) is 106 cm³/mol. The minimum atomic E-state index is -0.458. The molecule has 0 fully saturated rings. The van der Waals surface area contributed by atoms with E-state index in [1.807, 2.05) is 46.3 Å². The van der Waals surface area contributed by atoms with Gasteiger partial charge in [0, 0.05) is 22.8 Å². The molecule has 3 heterocycles. The Morgan fingerprint density at radius 3 is 2.78 bits per heavy atom. The monoisotopic (exact) mass is 397 g/mol. The van der Waals surface area contributed by atoms with Crippen molar-refractivity contribution >= 4 is 45.2 Å². The molecule has 4 rings (SSSR count). The van der Waals surface area contributed by atoms with Gasteiger partial charge in [-0.25, -0.2) is 9.78 Å². The Labute approximate surface area is 163 Å². The Morgan fingerprint density at radius 2 is 2.00 bits per heavy atom. The van der Waals surface area contributed by atoms with Crippen LogP contribution in [-0.4, -0.2) is 28.4 Å². The molecule has 6 nitrogen and oxygen atoms in total. The molecule has 8 heteroatoms. The molecule has 0 aliphatic carbocycles. The van der Waals surface area contributed by atoms with Crippen LogP contribution in [-0.2, 0) is 16.0 Å². The van der Waals surface area contributed by atoms with E-state index in [2.05, 4.69) is 10.3 Å². The summed E-state index contributed by atoms with van der Waals surface area (Å²) in [6, 6.07) is 11.6. The summed E-state index contributed by atoms with van der Waals surface area (Å²) in [5.41, 5.74) is 3.22. The summed E-state index contributed by atoms with van der Waals surface area (Å²) in [7, 11) is 1.32. The second-order valence-corrected chi connectivity index (χ2v) is 7.50. The molecule has 0 aliphatic rings. The quantitative estimate of drug-likeness (QED) is 0.515. The van der Waals surface area contributed by atoms with Crippen LogP contribution in [0.1, 0.15) is 15.4 Å². The maximum Gasteiger partial charge on any atom is 0.350 e. The molecule has 0 radical (unpaired) electrons. The number of carbonyl (C=O) groups excluding carboxylic acids is 2. The molecule has 1 amide bonds. The Kier molecular flexibility index (Phi) is 4.74. The summed E-state index contributed by atoms with van der Waals surface area (Å²) >= 11 is 2.72. The number of amides is 1. The molecule has 0 atom stereocenters. The highest BCUT2D eigenvalue weighted by Gasteiger charge is 2.17. The molecule has 1 N–H and O–H groups in total. The second-order valence-electron chi connectivity index (χ2n) is 5.75. The number of methoxy groups -OCH3 is 1. The summed E-state index contributed by atoms with van der Waals surface area (Å²) in [4.78, 5) is 30.1. The molecule has 0 saturated carbocycles. The van der Waals surface area contributed by atoms with Gasteiger partial charge in [-0.1, -0.05) is 30.3 Å². The fourth-order valence-corrected chi connectivity index (χ4v) is 4.36. The molecular formula is C19H15N3O3S2. The van der Waals surface area contributed by atoms with Gasteiger partial charge >= 0.3 is 5.97 Å². The third kappa shape index (κ3) is 3.49. The molecule has 0 bridgehead atoms. The number of nitrogens with one attached hydrogen (secondary N) is 1. The molecule has 0 aliphatic heterocycles. The molecule has 3 aromatic heterocycles. The highest BCUT2D eigenvalue weighted by atomic mass is 32.1. The molecule has 1 aromatic carbocycles. The number of imidazole rings is 1. The Balaban J connectivity index is 1.54. The van der Waals surface area contributed by atoms with Crippen LogP contribution in [0.3, 0.4) is 0 Å². The number of esters is 1. The first-order chi connectivity index (χ1) is 13.2. The predicted octanol–water partition coefficient (Wildman–Crippen LogP) is 4.09. The number of anilines is 1. The minimum absolute atomic E-state index is 0.182. The van der Waals surface area contributed by atoms with Gasteiger partial charge in [-0.2, -0.15) is 0 Å². The number of benzene rings is 1. The van der Waals surface area contributed by atoms with Crippen molar-refractivity contribution in [2.24, 2.45) is 0 Å². The van der Waals surface area contributed by atoms with Gasteiger partial charge in [-0.3, -0.25) is 9.20 Å². The first-order valence-electron chi connectivity index (χ1n) is 8.12. The van der Waals surface area contributed by atoms with Gasteiger partial charge in [0.15, 0.2) is 4.96 Å². The fourth-order valence-electron chi connectivity index (χ4n) is 2.72. The SMILES string of the molecule is COC(=O)c1sccc1NC(=O)Cc1csc2nc(-c3ccccc3)cn12. The van der Waals surface area contributed by atoms with Gasteiger partial charge in [-0.05, 0) is 11.4 Å². The summed E-state index contributed by atoms with van der Waals surface area (Å²) in [5.74, 6) is -0.659. The summed E-state index contributed by atoms with van der Waals surface area (Å²) in [6.45, 7) is 0. The van der Waals surface area contributed by atoms with Gasteiger partial charge in [-0.15, -0.1) is 22.7 Å². The zero-order valence-electron chi connectivity index (χ0n) is 14.3.